The van der Waals surface area contributed by atoms with Crippen molar-refractivity contribution in [3.63, 3.8) is 0 Å². The smallest absolute Gasteiger partial charge is 0.109 e. The number of nitrogens with zero attached hydrogens (tertiary/aromatic N) is 1. The Morgan fingerprint density at radius 3 is 2.30 bits per heavy atom. The van der Waals surface area contributed by atoms with Crippen molar-refractivity contribution in [2.45, 2.75) is 60.6 Å². The monoisotopic (exact) mass is 445 g/mol. The third-order valence-electron chi connectivity index (χ3n) is 6.31. The maximum atomic E-state index is 6.85. The second-order valence-corrected chi connectivity index (χ2v) is 8.70. The summed E-state index contributed by atoms with van der Waals surface area (Å²) >= 11 is 4.88. The Balaban J connectivity index is 0.000000872. The first-order valence-electron chi connectivity index (χ1n) is 9.84. The van der Waals surface area contributed by atoms with Crippen LogP contribution in [0.2, 0.25) is 0 Å². The van der Waals surface area contributed by atoms with Crippen molar-refractivity contribution in [2.24, 2.45) is 0 Å². The Labute approximate surface area is 175 Å². The molecule has 2 aromatic rings. The van der Waals surface area contributed by atoms with Crippen LogP contribution in [-0.4, -0.2) is 36.0 Å². The molecule has 144 valence electrons. The number of ether oxygens (including phenoxy) is 1. The van der Waals surface area contributed by atoms with Gasteiger partial charge in [-0.25, -0.2) is 0 Å². The Morgan fingerprint density at radius 1 is 0.926 bits per heavy atom. The lowest BCUT2D eigenvalue weighted by molar-refractivity contribution is -0.0435. The molecule has 5 rings (SSSR count). The molecule has 2 fully saturated rings. The number of fused-ring (bicyclic) bond motifs is 4. The van der Waals surface area contributed by atoms with Gasteiger partial charge in [-0.15, -0.1) is 11.8 Å². The number of benzene rings is 2. The van der Waals surface area contributed by atoms with Crippen LogP contribution in [0.15, 0.2) is 53.4 Å². The van der Waals surface area contributed by atoms with E-state index in [9.17, 15) is 0 Å². The van der Waals surface area contributed by atoms with E-state index in [1.54, 1.807) is 0 Å². The van der Waals surface area contributed by atoms with E-state index < -0.39 is 0 Å². The van der Waals surface area contributed by atoms with Crippen LogP contribution in [-0.2, 0) is 10.5 Å². The minimum absolute atomic E-state index is 0.0789. The number of hydrogen-bond donors (Lipinski definition) is 0. The lowest BCUT2D eigenvalue weighted by Crippen LogP contribution is -2.43. The second kappa shape index (κ2) is 8.69. The van der Waals surface area contributed by atoms with Crippen LogP contribution in [0.1, 0.15) is 48.5 Å². The zero-order valence-electron chi connectivity index (χ0n) is 16.1. The first-order valence-corrected chi connectivity index (χ1v) is 12.4. The topological polar surface area (TPSA) is 12.5 Å². The zero-order chi connectivity index (χ0) is 18.8. The number of alkyl halides is 1. The number of halogens is 1. The van der Waals surface area contributed by atoms with Gasteiger partial charge in [0.15, 0.2) is 0 Å². The predicted octanol–water partition coefficient (Wildman–Crippen LogP) is 6.03. The second-order valence-electron chi connectivity index (χ2n) is 7.69. The average molecular weight is 446 g/mol. The van der Waals surface area contributed by atoms with Crippen molar-refractivity contribution in [3.05, 3.63) is 65.2 Å². The highest BCUT2D eigenvalue weighted by Gasteiger charge is 2.40. The minimum atomic E-state index is 0.0789. The number of piperidine rings is 1. The number of thioether (sulfide) groups is 1. The van der Waals surface area contributed by atoms with Crippen LogP contribution >= 0.6 is 27.7 Å². The molecule has 0 aliphatic carbocycles. The van der Waals surface area contributed by atoms with Gasteiger partial charge in [0.1, 0.15) is 6.10 Å². The summed E-state index contributed by atoms with van der Waals surface area (Å²) in [6.45, 7) is 0. The van der Waals surface area contributed by atoms with Gasteiger partial charge in [-0.1, -0.05) is 58.4 Å². The quantitative estimate of drug-likeness (QED) is 0.523. The molecule has 3 aliphatic rings. The summed E-state index contributed by atoms with van der Waals surface area (Å²) in [5, 5.41) is 0. The number of rotatable bonds is 2. The SMILES string of the molecule is CBr.CN1C2CCC1CC(OC1c3ccccc3CSc3ccccc31)C2. The van der Waals surface area contributed by atoms with E-state index in [0.717, 1.165) is 17.8 Å². The minimum Gasteiger partial charge on any atom is -0.365 e. The first kappa shape index (κ1) is 19.5. The third-order valence-corrected chi connectivity index (χ3v) is 7.44. The normalized spacial score (nSPS) is 29.1. The fourth-order valence-corrected chi connectivity index (χ4v) is 5.98. The Bertz CT molecular complexity index is 721. The van der Waals surface area contributed by atoms with E-state index >= 15 is 0 Å². The van der Waals surface area contributed by atoms with E-state index in [-0.39, 0.29) is 6.10 Å². The van der Waals surface area contributed by atoms with Crippen LogP contribution in [0.4, 0.5) is 0 Å². The molecule has 3 heterocycles. The summed E-state index contributed by atoms with van der Waals surface area (Å²) in [4.78, 5) is 3.96. The van der Waals surface area contributed by atoms with Crippen molar-refractivity contribution in [1.29, 1.82) is 0 Å². The van der Waals surface area contributed by atoms with E-state index in [0.29, 0.717) is 6.10 Å². The van der Waals surface area contributed by atoms with Gasteiger partial charge in [-0.05, 0) is 61.3 Å². The molecule has 0 spiro atoms. The Morgan fingerprint density at radius 2 is 1.56 bits per heavy atom. The maximum Gasteiger partial charge on any atom is 0.109 e. The summed E-state index contributed by atoms with van der Waals surface area (Å²) in [7, 11) is 2.30. The lowest BCUT2D eigenvalue weighted by Gasteiger charge is -2.38. The summed E-state index contributed by atoms with van der Waals surface area (Å²) in [6, 6.07) is 19.1. The molecule has 3 aliphatic heterocycles. The molecule has 3 atom stereocenters. The fraction of sp³-hybridized carbons (Fsp3) is 0.478. The molecule has 0 radical (unpaired) electrons. The van der Waals surface area contributed by atoms with Gasteiger partial charge in [0.2, 0.25) is 0 Å². The van der Waals surface area contributed by atoms with Gasteiger partial charge < -0.3 is 9.64 Å². The van der Waals surface area contributed by atoms with E-state index in [1.165, 1.54) is 47.3 Å². The first-order chi connectivity index (χ1) is 13.3. The van der Waals surface area contributed by atoms with Crippen LogP contribution in [0, 0.1) is 0 Å². The van der Waals surface area contributed by atoms with Gasteiger partial charge in [0, 0.05) is 22.7 Å². The van der Waals surface area contributed by atoms with Crippen molar-refractivity contribution in [3.8, 4) is 0 Å². The summed E-state index contributed by atoms with van der Waals surface area (Å²) in [5.74, 6) is 2.85. The molecule has 4 heteroatoms. The largest absolute Gasteiger partial charge is 0.365 e. The van der Waals surface area contributed by atoms with Crippen molar-refractivity contribution >= 4 is 27.7 Å². The summed E-state index contributed by atoms with van der Waals surface area (Å²) < 4.78 is 6.85. The van der Waals surface area contributed by atoms with E-state index in [1.807, 2.05) is 17.6 Å². The molecule has 27 heavy (non-hydrogen) atoms. The van der Waals surface area contributed by atoms with E-state index in [4.69, 9.17) is 4.74 Å². The Kier molecular flexibility index (Phi) is 6.28. The maximum absolute atomic E-state index is 6.85. The standard InChI is InChI=1S/C22H25NOS.CH3Br/c1-23-16-10-11-17(23)13-18(12-16)24-22-19-7-3-2-6-15(19)14-25-21-9-5-4-8-20(21)22;1-2/h2-9,16-18,22H,10-14H2,1H3;1H3. The van der Waals surface area contributed by atoms with Gasteiger partial charge >= 0.3 is 0 Å². The van der Waals surface area contributed by atoms with Crippen LogP contribution < -0.4 is 0 Å². The lowest BCUT2D eigenvalue weighted by atomic mass is 9.95. The van der Waals surface area contributed by atoms with Crippen LogP contribution in [0.3, 0.4) is 0 Å². The van der Waals surface area contributed by atoms with Crippen LogP contribution in [0.5, 0.6) is 0 Å². The van der Waals surface area contributed by atoms with Gasteiger partial charge in [-0.2, -0.15) is 0 Å². The molecule has 2 aromatic carbocycles. The highest BCUT2D eigenvalue weighted by Crippen LogP contribution is 2.44. The fourth-order valence-electron chi connectivity index (χ4n) is 4.88. The van der Waals surface area contributed by atoms with E-state index in [2.05, 4.69) is 76.4 Å². The summed E-state index contributed by atoms with van der Waals surface area (Å²) in [6.07, 6.45) is 5.50. The molecule has 2 bridgehead atoms. The molecular formula is C23H28BrNOS. The van der Waals surface area contributed by atoms with Crippen molar-refractivity contribution in [1.82, 2.24) is 4.90 Å². The highest BCUT2D eigenvalue weighted by atomic mass is 79.9. The predicted molar refractivity (Wildman–Crippen MR) is 118 cm³/mol. The van der Waals surface area contributed by atoms with Gasteiger partial charge in [0.05, 0.1) is 6.10 Å². The van der Waals surface area contributed by atoms with Gasteiger partial charge in [0.25, 0.3) is 0 Å². The molecule has 0 aromatic heterocycles. The van der Waals surface area contributed by atoms with Crippen LogP contribution in [0.25, 0.3) is 0 Å². The molecular weight excluding hydrogens is 418 g/mol. The molecule has 2 nitrogen and oxygen atoms in total. The van der Waals surface area contributed by atoms with Gasteiger partial charge in [-0.3, -0.25) is 0 Å². The molecule has 0 N–H and O–H groups in total. The molecule has 0 saturated carbocycles. The third kappa shape index (κ3) is 3.87. The molecule has 3 unspecified atom stereocenters. The van der Waals surface area contributed by atoms with Crippen molar-refractivity contribution < 1.29 is 4.74 Å². The highest BCUT2D eigenvalue weighted by molar-refractivity contribution is 9.08. The van der Waals surface area contributed by atoms with Crippen molar-refractivity contribution in [2.75, 3.05) is 12.9 Å². The average Bonchev–Trinajstić information content (AvgIpc) is 2.90. The zero-order valence-corrected chi connectivity index (χ0v) is 18.5. The Hall–Kier alpha value is -0.810. The number of hydrogen-bond acceptors (Lipinski definition) is 3. The molecule has 0 amide bonds. The molecule has 2 saturated heterocycles. The summed E-state index contributed by atoms with van der Waals surface area (Å²) in [5.41, 5.74) is 4.14.